The molecule has 0 fully saturated rings. The van der Waals surface area contributed by atoms with Crippen LogP contribution in [0.1, 0.15) is 11.4 Å². The number of aromatic nitrogens is 3. The zero-order chi connectivity index (χ0) is 24.8. The van der Waals surface area contributed by atoms with Crippen LogP contribution < -0.4 is 10.6 Å². The summed E-state index contributed by atoms with van der Waals surface area (Å²) < 4.78 is 15.0. The minimum absolute atomic E-state index is 0.0264. The van der Waals surface area contributed by atoms with Crippen molar-refractivity contribution < 1.29 is 14.1 Å². The fourth-order valence-electron chi connectivity index (χ4n) is 3.27. The second-order valence-electron chi connectivity index (χ2n) is 7.54. The van der Waals surface area contributed by atoms with Crippen LogP contribution >= 0.6 is 11.8 Å². The summed E-state index contributed by atoms with van der Waals surface area (Å²) in [5.74, 6) is -0.161. The number of carbonyl (C=O) groups excluding carboxylic acids is 1. The summed E-state index contributed by atoms with van der Waals surface area (Å²) in [6.07, 6.45) is 0. The molecule has 35 heavy (non-hydrogen) atoms. The topological polar surface area (TPSA) is 115 Å². The van der Waals surface area contributed by atoms with Crippen molar-refractivity contribution in [2.45, 2.75) is 18.6 Å². The van der Waals surface area contributed by atoms with Crippen molar-refractivity contribution in [1.82, 2.24) is 14.8 Å². The van der Waals surface area contributed by atoms with E-state index in [0.717, 1.165) is 28.7 Å². The first-order valence-electron chi connectivity index (χ1n) is 10.6. The van der Waals surface area contributed by atoms with E-state index in [4.69, 9.17) is 0 Å². The first kappa shape index (κ1) is 23.9. The number of hydrogen-bond donors (Lipinski definition) is 2. The fraction of sp³-hybridized carbons (Fsp3) is 0.125. The molecular weight excluding hydrogens is 471 g/mol. The maximum absolute atomic E-state index is 13.2. The predicted molar refractivity (Wildman–Crippen MR) is 132 cm³/mol. The molecular formula is C24H21FN6O3S. The van der Waals surface area contributed by atoms with Crippen molar-refractivity contribution >= 4 is 34.7 Å². The van der Waals surface area contributed by atoms with Gasteiger partial charge >= 0.3 is 0 Å². The smallest absolute Gasteiger partial charge is 0.292 e. The van der Waals surface area contributed by atoms with E-state index in [1.807, 2.05) is 35.8 Å². The van der Waals surface area contributed by atoms with E-state index in [9.17, 15) is 19.3 Å². The molecule has 0 spiro atoms. The van der Waals surface area contributed by atoms with Gasteiger partial charge in [0, 0.05) is 17.4 Å². The summed E-state index contributed by atoms with van der Waals surface area (Å²) in [6.45, 7) is 2.30. The van der Waals surface area contributed by atoms with Gasteiger partial charge in [0.1, 0.15) is 11.5 Å². The zero-order valence-corrected chi connectivity index (χ0v) is 19.5. The Morgan fingerprint density at radius 3 is 2.49 bits per heavy atom. The van der Waals surface area contributed by atoms with E-state index in [1.54, 1.807) is 18.2 Å². The molecule has 0 saturated carbocycles. The quantitative estimate of drug-likeness (QED) is 0.193. The second kappa shape index (κ2) is 10.8. The molecule has 0 atom stereocenters. The number of halogens is 1. The lowest BCUT2D eigenvalue weighted by molar-refractivity contribution is -0.383. The normalized spacial score (nSPS) is 10.7. The fourth-order valence-corrected chi connectivity index (χ4v) is 4.04. The molecule has 4 rings (SSSR count). The highest BCUT2D eigenvalue weighted by Gasteiger charge is 2.18. The molecule has 0 radical (unpaired) electrons. The van der Waals surface area contributed by atoms with Crippen LogP contribution in [0.3, 0.4) is 0 Å². The molecule has 4 aromatic rings. The number of nitrogens with one attached hydrogen (secondary N) is 2. The highest BCUT2D eigenvalue weighted by atomic mass is 32.2. The third-order valence-corrected chi connectivity index (χ3v) is 5.92. The van der Waals surface area contributed by atoms with Gasteiger partial charge in [0.05, 0.1) is 17.2 Å². The van der Waals surface area contributed by atoms with E-state index in [1.165, 1.54) is 30.3 Å². The number of anilines is 2. The lowest BCUT2D eigenvalue weighted by atomic mass is 10.2. The van der Waals surface area contributed by atoms with E-state index >= 15 is 0 Å². The highest BCUT2D eigenvalue weighted by Crippen LogP contribution is 2.26. The number of carbonyl (C=O) groups is 1. The standard InChI is InChI=1S/C24H21FN6O3S/c1-16-6-12-19(13-7-16)30-22(14-26-18-10-8-17(25)9-11-18)28-29-24(30)35-15-23(32)27-20-4-2-3-5-21(20)31(33)34/h2-13,26H,14-15H2,1H3,(H,27,32). The van der Waals surface area contributed by atoms with Crippen LogP contribution in [0.5, 0.6) is 0 Å². The Morgan fingerprint density at radius 2 is 1.77 bits per heavy atom. The summed E-state index contributed by atoms with van der Waals surface area (Å²) in [4.78, 5) is 23.2. The van der Waals surface area contributed by atoms with Crippen molar-refractivity contribution in [1.29, 1.82) is 0 Å². The van der Waals surface area contributed by atoms with Gasteiger partial charge in [0.2, 0.25) is 5.91 Å². The molecule has 178 valence electrons. The zero-order valence-electron chi connectivity index (χ0n) is 18.6. The molecule has 0 aliphatic heterocycles. The molecule has 2 N–H and O–H groups in total. The molecule has 1 heterocycles. The SMILES string of the molecule is Cc1ccc(-n2c(CNc3ccc(F)cc3)nnc2SCC(=O)Nc2ccccc2[N+](=O)[O-])cc1. The van der Waals surface area contributed by atoms with Crippen molar-refractivity contribution in [3.05, 3.63) is 100 Å². The van der Waals surface area contributed by atoms with Crippen molar-refractivity contribution in [3.63, 3.8) is 0 Å². The number of thioether (sulfide) groups is 1. The third kappa shape index (κ3) is 6.01. The lowest BCUT2D eigenvalue weighted by Gasteiger charge is -2.12. The minimum atomic E-state index is -0.544. The molecule has 9 nitrogen and oxygen atoms in total. The van der Waals surface area contributed by atoms with Gasteiger partial charge in [-0.15, -0.1) is 10.2 Å². The van der Waals surface area contributed by atoms with Gasteiger partial charge in [-0.2, -0.15) is 0 Å². The Balaban J connectivity index is 1.51. The van der Waals surface area contributed by atoms with E-state index in [-0.39, 0.29) is 22.9 Å². The molecule has 0 aliphatic carbocycles. The number of aryl methyl sites for hydroxylation is 1. The van der Waals surface area contributed by atoms with Crippen LogP contribution in [0.4, 0.5) is 21.5 Å². The summed E-state index contributed by atoms with van der Waals surface area (Å²) in [5.41, 5.74) is 2.59. The van der Waals surface area contributed by atoms with Crippen molar-refractivity contribution in [2.24, 2.45) is 0 Å². The van der Waals surface area contributed by atoms with Crippen LogP contribution in [-0.4, -0.2) is 31.3 Å². The number of nitro benzene ring substituents is 1. The van der Waals surface area contributed by atoms with Gasteiger partial charge < -0.3 is 10.6 Å². The summed E-state index contributed by atoms with van der Waals surface area (Å²) in [7, 11) is 0. The number of rotatable bonds is 9. The number of nitro groups is 1. The average Bonchev–Trinajstić information content (AvgIpc) is 3.26. The summed E-state index contributed by atoms with van der Waals surface area (Å²) in [5, 5.41) is 26.0. The third-order valence-electron chi connectivity index (χ3n) is 4.99. The van der Waals surface area contributed by atoms with Crippen LogP contribution in [0, 0.1) is 22.9 Å². The Kier molecular flexibility index (Phi) is 7.36. The first-order chi connectivity index (χ1) is 16.9. The van der Waals surface area contributed by atoms with Crippen LogP contribution in [-0.2, 0) is 11.3 Å². The number of nitrogens with zero attached hydrogens (tertiary/aromatic N) is 4. The number of para-hydroxylation sites is 2. The monoisotopic (exact) mass is 492 g/mol. The maximum atomic E-state index is 13.2. The number of amides is 1. The number of benzene rings is 3. The van der Waals surface area contributed by atoms with E-state index in [0.29, 0.717) is 17.5 Å². The molecule has 0 aliphatic rings. The van der Waals surface area contributed by atoms with Crippen molar-refractivity contribution in [2.75, 3.05) is 16.4 Å². The van der Waals surface area contributed by atoms with Gasteiger partial charge in [-0.1, -0.05) is 41.6 Å². The Hall–Kier alpha value is -4.25. The summed E-state index contributed by atoms with van der Waals surface area (Å²) in [6, 6.07) is 19.7. The van der Waals surface area contributed by atoms with E-state index < -0.39 is 10.8 Å². The predicted octanol–water partition coefficient (Wildman–Crippen LogP) is 4.97. The minimum Gasteiger partial charge on any atom is -0.378 e. The Labute approximate surface area is 204 Å². The second-order valence-corrected chi connectivity index (χ2v) is 8.48. The molecule has 1 amide bonds. The molecule has 11 heteroatoms. The molecule has 1 aromatic heterocycles. The molecule has 3 aromatic carbocycles. The first-order valence-corrected chi connectivity index (χ1v) is 11.6. The maximum Gasteiger partial charge on any atom is 0.292 e. The number of hydrogen-bond acceptors (Lipinski definition) is 7. The van der Waals surface area contributed by atoms with Crippen LogP contribution in [0.15, 0.2) is 78.0 Å². The Bertz CT molecular complexity index is 1340. The van der Waals surface area contributed by atoms with Crippen LogP contribution in [0.2, 0.25) is 0 Å². The Morgan fingerprint density at radius 1 is 1.06 bits per heavy atom. The van der Waals surface area contributed by atoms with Crippen LogP contribution in [0.25, 0.3) is 5.69 Å². The largest absolute Gasteiger partial charge is 0.378 e. The summed E-state index contributed by atoms with van der Waals surface area (Å²) >= 11 is 1.16. The average molecular weight is 493 g/mol. The van der Waals surface area contributed by atoms with Gasteiger partial charge in [-0.3, -0.25) is 19.5 Å². The van der Waals surface area contributed by atoms with E-state index in [2.05, 4.69) is 20.8 Å². The van der Waals surface area contributed by atoms with Gasteiger partial charge in [-0.05, 0) is 49.4 Å². The van der Waals surface area contributed by atoms with Gasteiger partial charge in [0.25, 0.3) is 5.69 Å². The molecule has 0 bridgehead atoms. The van der Waals surface area contributed by atoms with Crippen molar-refractivity contribution in [3.8, 4) is 5.69 Å². The van der Waals surface area contributed by atoms with Gasteiger partial charge in [-0.25, -0.2) is 4.39 Å². The molecule has 0 saturated heterocycles. The molecule has 0 unspecified atom stereocenters. The highest BCUT2D eigenvalue weighted by molar-refractivity contribution is 7.99. The lowest BCUT2D eigenvalue weighted by Crippen LogP contribution is -2.15. The van der Waals surface area contributed by atoms with Gasteiger partial charge in [0.15, 0.2) is 11.0 Å².